The van der Waals surface area contributed by atoms with E-state index in [0.717, 1.165) is 31.8 Å². The van der Waals surface area contributed by atoms with Gasteiger partial charge in [0.05, 0.1) is 18.8 Å². The molecule has 0 amide bonds. The maximum atomic E-state index is 11.1. The second kappa shape index (κ2) is 8.61. The number of allylic oxidation sites excluding steroid dienone is 4. The number of carbonyl (C=O) groups excluding carboxylic acids is 1. The van der Waals surface area contributed by atoms with Crippen LogP contribution in [0.15, 0.2) is 36.1 Å². The number of rotatable bonds is 5. The van der Waals surface area contributed by atoms with Crippen molar-refractivity contribution in [2.45, 2.75) is 83.6 Å². The third-order valence-corrected chi connectivity index (χ3v) is 9.14. The van der Waals surface area contributed by atoms with Gasteiger partial charge in [0.2, 0.25) is 6.29 Å². The Hall–Kier alpha value is -1.51. The molecule has 184 valence electrons. The van der Waals surface area contributed by atoms with Gasteiger partial charge in [-0.15, -0.1) is 6.58 Å². The van der Waals surface area contributed by atoms with Crippen molar-refractivity contribution in [2.24, 2.45) is 28.1 Å². The smallest absolute Gasteiger partial charge is 0.229 e. The second-order valence-corrected chi connectivity index (χ2v) is 11.4. The molecular weight excluding hydrogens is 424 g/mol. The lowest BCUT2D eigenvalue weighted by molar-refractivity contribution is -0.251. The van der Waals surface area contributed by atoms with Gasteiger partial charge in [-0.1, -0.05) is 38.5 Å². The van der Waals surface area contributed by atoms with E-state index in [2.05, 4.69) is 32.6 Å². The number of fused-ring (bicyclic) bond motifs is 3. The first kappa shape index (κ1) is 24.6. The molecule has 0 bridgehead atoms. The molecule has 1 heterocycles. The second-order valence-electron chi connectivity index (χ2n) is 11.4. The molecule has 0 aromatic carbocycles. The zero-order valence-corrected chi connectivity index (χ0v) is 19.8. The Balaban J connectivity index is 1.60. The van der Waals surface area contributed by atoms with Crippen molar-refractivity contribution in [3.63, 3.8) is 0 Å². The summed E-state index contributed by atoms with van der Waals surface area (Å²) in [7, 11) is 0. The van der Waals surface area contributed by atoms with Crippen LogP contribution in [0.3, 0.4) is 0 Å². The molecule has 2 fully saturated rings. The van der Waals surface area contributed by atoms with Crippen molar-refractivity contribution in [3.05, 3.63) is 36.1 Å². The molecule has 7 nitrogen and oxygen atoms in total. The van der Waals surface area contributed by atoms with Crippen LogP contribution < -0.4 is 0 Å². The van der Waals surface area contributed by atoms with Crippen LogP contribution in [0.1, 0.15) is 52.9 Å². The fourth-order valence-corrected chi connectivity index (χ4v) is 7.09. The maximum absolute atomic E-state index is 11.1. The summed E-state index contributed by atoms with van der Waals surface area (Å²) in [6.07, 6.45) is 4.44. The van der Waals surface area contributed by atoms with E-state index in [0.29, 0.717) is 18.6 Å². The molecule has 33 heavy (non-hydrogen) atoms. The van der Waals surface area contributed by atoms with Crippen LogP contribution >= 0.6 is 0 Å². The molecule has 0 spiro atoms. The van der Waals surface area contributed by atoms with Gasteiger partial charge in [0.15, 0.2) is 12.0 Å². The Morgan fingerprint density at radius 2 is 1.97 bits per heavy atom. The van der Waals surface area contributed by atoms with Crippen LogP contribution in [0.2, 0.25) is 0 Å². The third-order valence-electron chi connectivity index (χ3n) is 9.14. The van der Waals surface area contributed by atoms with Crippen molar-refractivity contribution in [1.82, 2.24) is 0 Å². The highest BCUT2D eigenvalue weighted by atomic mass is 16.7. The number of aliphatic hydroxyl groups is 4. The van der Waals surface area contributed by atoms with Crippen LogP contribution in [0.4, 0.5) is 0 Å². The van der Waals surface area contributed by atoms with E-state index < -0.39 is 36.1 Å². The SMILES string of the molecule is C=CC1(C)CCC2C(=CCC3C2(C)CC(O)C(O)C3(C)COC2OC(C=O)=CC(O)C2O)C1. The Labute approximate surface area is 195 Å². The largest absolute Gasteiger partial charge is 0.459 e. The van der Waals surface area contributed by atoms with E-state index in [-0.39, 0.29) is 29.1 Å². The fraction of sp³-hybridized carbons (Fsp3) is 0.731. The van der Waals surface area contributed by atoms with Gasteiger partial charge in [-0.25, -0.2) is 0 Å². The Morgan fingerprint density at radius 3 is 2.64 bits per heavy atom. The van der Waals surface area contributed by atoms with E-state index in [1.807, 2.05) is 6.92 Å². The van der Waals surface area contributed by atoms with Crippen LogP contribution in [0, 0.1) is 28.1 Å². The third kappa shape index (κ3) is 4.02. The van der Waals surface area contributed by atoms with Gasteiger partial charge in [0.1, 0.15) is 12.2 Å². The molecule has 2 saturated carbocycles. The molecule has 4 N–H and O–H groups in total. The lowest BCUT2D eigenvalue weighted by Crippen LogP contribution is -2.63. The van der Waals surface area contributed by atoms with E-state index >= 15 is 0 Å². The number of aliphatic hydroxyl groups excluding tert-OH is 4. The van der Waals surface area contributed by atoms with Gasteiger partial charge in [-0.2, -0.15) is 0 Å². The van der Waals surface area contributed by atoms with Crippen LogP contribution in [-0.2, 0) is 14.3 Å². The van der Waals surface area contributed by atoms with Crippen molar-refractivity contribution in [1.29, 1.82) is 0 Å². The van der Waals surface area contributed by atoms with Crippen LogP contribution in [-0.4, -0.2) is 64.0 Å². The molecule has 0 radical (unpaired) electrons. The highest BCUT2D eigenvalue weighted by Crippen LogP contribution is 2.63. The monoisotopic (exact) mass is 462 g/mol. The quantitative estimate of drug-likeness (QED) is 0.366. The minimum Gasteiger partial charge on any atom is -0.459 e. The van der Waals surface area contributed by atoms with E-state index in [1.165, 1.54) is 5.57 Å². The number of hydrogen-bond acceptors (Lipinski definition) is 7. The number of carbonyl (C=O) groups is 1. The molecule has 10 atom stereocenters. The Morgan fingerprint density at radius 1 is 1.24 bits per heavy atom. The summed E-state index contributed by atoms with van der Waals surface area (Å²) in [5, 5.41) is 42.4. The lowest BCUT2D eigenvalue weighted by atomic mass is 9.44. The summed E-state index contributed by atoms with van der Waals surface area (Å²) in [5.74, 6) is 0.250. The molecule has 10 unspecified atom stereocenters. The standard InChI is InChI=1S/C26H38O7/c1-5-24(2)9-8-17-15(11-24)6-7-20-25(17,3)12-19(29)22(31)26(20,4)14-32-23-21(30)18(28)10-16(13-27)33-23/h5-6,10,13,17-23,28-31H,1,7-9,11-12,14H2,2-4H3. The molecule has 7 heteroatoms. The van der Waals surface area contributed by atoms with Gasteiger partial charge in [-0.05, 0) is 60.8 Å². The van der Waals surface area contributed by atoms with E-state index in [9.17, 15) is 25.2 Å². The zero-order valence-electron chi connectivity index (χ0n) is 19.8. The average Bonchev–Trinajstić information content (AvgIpc) is 2.78. The maximum Gasteiger partial charge on any atom is 0.229 e. The molecule has 0 saturated heterocycles. The summed E-state index contributed by atoms with van der Waals surface area (Å²) in [5.41, 5.74) is 0.473. The van der Waals surface area contributed by atoms with E-state index in [1.54, 1.807) is 0 Å². The van der Waals surface area contributed by atoms with Gasteiger partial charge >= 0.3 is 0 Å². The summed E-state index contributed by atoms with van der Waals surface area (Å²) in [6, 6.07) is 0. The highest BCUT2D eigenvalue weighted by molar-refractivity contribution is 5.70. The predicted molar refractivity (Wildman–Crippen MR) is 122 cm³/mol. The van der Waals surface area contributed by atoms with Crippen molar-refractivity contribution < 1.29 is 34.7 Å². The number of hydrogen-bond donors (Lipinski definition) is 4. The summed E-state index contributed by atoms with van der Waals surface area (Å²) in [6.45, 7) is 10.4. The minimum absolute atomic E-state index is 0.00628. The average molecular weight is 463 g/mol. The molecular formula is C26H38O7. The van der Waals surface area contributed by atoms with Gasteiger partial charge in [0, 0.05) is 5.41 Å². The van der Waals surface area contributed by atoms with Crippen molar-refractivity contribution >= 4 is 6.29 Å². The summed E-state index contributed by atoms with van der Waals surface area (Å²) in [4.78, 5) is 11.1. The van der Waals surface area contributed by atoms with Gasteiger partial charge in [0.25, 0.3) is 0 Å². The zero-order chi connectivity index (χ0) is 24.2. The van der Waals surface area contributed by atoms with Crippen molar-refractivity contribution in [3.8, 4) is 0 Å². The molecule has 4 aliphatic rings. The number of aldehydes is 1. The predicted octanol–water partition coefficient (Wildman–Crippen LogP) is 2.24. The van der Waals surface area contributed by atoms with E-state index in [4.69, 9.17) is 9.47 Å². The lowest BCUT2D eigenvalue weighted by Gasteiger charge is -2.62. The molecule has 4 rings (SSSR count). The van der Waals surface area contributed by atoms with Gasteiger partial charge < -0.3 is 29.9 Å². The molecule has 1 aliphatic heterocycles. The summed E-state index contributed by atoms with van der Waals surface area (Å²) >= 11 is 0. The first-order valence-electron chi connectivity index (χ1n) is 12.0. The molecule has 3 aliphatic carbocycles. The summed E-state index contributed by atoms with van der Waals surface area (Å²) < 4.78 is 11.3. The number of ether oxygens (including phenoxy) is 2. The molecule has 0 aromatic heterocycles. The normalized spacial score (nSPS) is 49.6. The first-order chi connectivity index (χ1) is 15.5. The highest BCUT2D eigenvalue weighted by Gasteiger charge is 2.61. The topological polar surface area (TPSA) is 116 Å². The fourth-order valence-electron chi connectivity index (χ4n) is 7.09. The Kier molecular flexibility index (Phi) is 6.42. The van der Waals surface area contributed by atoms with Crippen molar-refractivity contribution in [2.75, 3.05) is 6.61 Å². The molecule has 0 aromatic rings. The van der Waals surface area contributed by atoms with Crippen LogP contribution in [0.5, 0.6) is 0 Å². The first-order valence-corrected chi connectivity index (χ1v) is 12.0. The van der Waals surface area contributed by atoms with Crippen LogP contribution in [0.25, 0.3) is 0 Å². The Bertz CT molecular complexity index is 852. The van der Waals surface area contributed by atoms with Gasteiger partial charge in [-0.3, -0.25) is 4.79 Å². The minimum atomic E-state index is -1.36.